The molecule has 3 nitrogen and oxygen atoms in total. The highest BCUT2D eigenvalue weighted by Gasteiger charge is 1.93. The van der Waals surface area contributed by atoms with Gasteiger partial charge in [-0.1, -0.05) is 79.8 Å². The molecule has 0 aromatic carbocycles. The van der Waals surface area contributed by atoms with E-state index in [-0.39, 0.29) is 6.42 Å². The fraction of sp³-hybridized carbons (Fsp3) is 0.409. The Labute approximate surface area is 152 Å². The highest BCUT2D eigenvalue weighted by Crippen LogP contribution is 1.99. The summed E-state index contributed by atoms with van der Waals surface area (Å²) in [6.45, 7) is 2.13. The average molecular weight is 344 g/mol. The highest BCUT2D eigenvalue weighted by atomic mass is 16.4. The molecule has 0 aliphatic carbocycles. The number of hydrogen-bond acceptors (Lipinski definition) is 2. The fourth-order valence-electron chi connectivity index (χ4n) is 1.87. The number of aliphatic hydroxyl groups excluding tert-OH is 1. The number of allylic oxidation sites excluding steroid dienone is 10. The first kappa shape index (κ1) is 22.9. The number of hydrogen-bond donors (Lipinski definition) is 2. The van der Waals surface area contributed by atoms with Gasteiger partial charge in [0.15, 0.2) is 0 Å². The monoisotopic (exact) mass is 344 g/mol. The van der Waals surface area contributed by atoms with Crippen molar-refractivity contribution in [2.45, 2.75) is 58.0 Å². The molecule has 138 valence electrons. The summed E-state index contributed by atoms with van der Waals surface area (Å²) in [6, 6.07) is 0. The molecule has 25 heavy (non-hydrogen) atoms. The number of aliphatic hydroxyl groups is 1. The zero-order valence-corrected chi connectivity index (χ0v) is 15.3. The van der Waals surface area contributed by atoms with Gasteiger partial charge in [-0.25, -0.2) is 0 Å². The van der Waals surface area contributed by atoms with Crippen LogP contribution in [0, 0.1) is 0 Å². The summed E-state index contributed by atoms with van der Waals surface area (Å²) in [5, 5.41) is 18.3. The first-order chi connectivity index (χ1) is 12.2. The minimum atomic E-state index is -0.774. The molecule has 0 aliphatic heterocycles. The second kappa shape index (κ2) is 18.2. The minimum Gasteiger partial charge on any atom is -0.481 e. The van der Waals surface area contributed by atoms with E-state index < -0.39 is 12.1 Å². The van der Waals surface area contributed by atoms with Gasteiger partial charge < -0.3 is 10.2 Å². The van der Waals surface area contributed by atoms with E-state index in [0.717, 1.165) is 25.7 Å². The molecule has 0 fully saturated rings. The van der Waals surface area contributed by atoms with Gasteiger partial charge in [-0.2, -0.15) is 0 Å². The molecule has 0 aromatic rings. The molecule has 3 heteroatoms. The van der Waals surface area contributed by atoms with Crippen molar-refractivity contribution in [3.8, 4) is 0 Å². The van der Waals surface area contributed by atoms with Gasteiger partial charge in [0, 0.05) is 6.42 Å². The van der Waals surface area contributed by atoms with Crippen LogP contribution in [0.5, 0.6) is 0 Å². The van der Waals surface area contributed by atoms with Crippen LogP contribution >= 0.6 is 0 Å². The molecule has 1 unspecified atom stereocenters. The Balaban J connectivity index is 3.73. The molecule has 2 N–H and O–H groups in total. The van der Waals surface area contributed by atoms with E-state index in [1.54, 1.807) is 6.08 Å². The summed E-state index contributed by atoms with van der Waals surface area (Å²) in [7, 11) is 0. The van der Waals surface area contributed by atoms with Crippen LogP contribution < -0.4 is 0 Å². The van der Waals surface area contributed by atoms with Crippen molar-refractivity contribution >= 4 is 5.97 Å². The van der Waals surface area contributed by atoms with Gasteiger partial charge in [-0.3, -0.25) is 4.79 Å². The van der Waals surface area contributed by atoms with Gasteiger partial charge in [0.2, 0.25) is 0 Å². The normalized spacial score (nSPS) is 14.3. The Bertz CT molecular complexity index is 493. The average Bonchev–Trinajstić information content (AvgIpc) is 2.58. The lowest BCUT2D eigenvalue weighted by molar-refractivity contribution is -0.136. The first-order valence-electron chi connectivity index (χ1n) is 9.00. The Morgan fingerprint density at radius 3 is 2.12 bits per heavy atom. The Morgan fingerprint density at radius 1 is 0.840 bits per heavy atom. The van der Waals surface area contributed by atoms with Crippen molar-refractivity contribution in [3.05, 3.63) is 72.9 Å². The second-order valence-electron chi connectivity index (χ2n) is 5.55. The zero-order valence-electron chi connectivity index (χ0n) is 15.3. The zero-order chi connectivity index (χ0) is 18.6. The quantitative estimate of drug-likeness (QED) is 0.322. The molecule has 0 heterocycles. The lowest BCUT2D eigenvalue weighted by Gasteiger charge is -1.98. The number of carboxylic acid groups (broad SMARTS) is 1. The van der Waals surface area contributed by atoms with E-state index in [4.69, 9.17) is 5.11 Å². The van der Waals surface area contributed by atoms with Crippen molar-refractivity contribution in [2.75, 3.05) is 0 Å². The molecule has 0 amide bonds. The van der Waals surface area contributed by atoms with E-state index >= 15 is 0 Å². The third-order valence-electron chi connectivity index (χ3n) is 3.20. The topological polar surface area (TPSA) is 57.5 Å². The van der Waals surface area contributed by atoms with Crippen LogP contribution in [0.3, 0.4) is 0 Å². The SMILES string of the molecule is CCC=CCC=CCC=CC=CC(O)CC=CCC=CCCC(=O)O. The summed E-state index contributed by atoms with van der Waals surface area (Å²) in [5.41, 5.74) is 0. The van der Waals surface area contributed by atoms with Crippen LogP contribution in [0.15, 0.2) is 72.9 Å². The number of rotatable bonds is 14. The fourth-order valence-corrected chi connectivity index (χ4v) is 1.87. The van der Waals surface area contributed by atoms with Crippen molar-refractivity contribution in [1.29, 1.82) is 0 Å². The molecule has 0 spiro atoms. The van der Waals surface area contributed by atoms with Gasteiger partial charge in [-0.15, -0.1) is 0 Å². The third-order valence-corrected chi connectivity index (χ3v) is 3.20. The molecule has 0 radical (unpaired) electrons. The summed E-state index contributed by atoms with van der Waals surface area (Å²) in [6.07, 6.45) is 28.5. The van der Waals surface area contributed by atoms with E-state index in [9.17, 15) is 9.90 Å². The standard InChI is InChI=1S/C22H32O3/c1-2-3-4-5-6-7-8-9-12-15-18-21(23)19-16-13-10-11-14-17-20-22(24)25/h3-4,6-7,9,11-16,18,21,23H,2,5,8,10,17,19-20H2,1H3,(H,24,25). The van der Waals surface area contributed by atoms with Gasteiger partial charge in [0.05, 0.1) is 6.10 Å². The molecule has 0 aromatic heterocycles. The Morgan fingerprint density at radius 2 is 1.44 bits per heavy atom. The summed E-state index contributed by atoms with van der Waals surface area (Å²) < 4.78 is 0. The maximum atomic E-state index is 10.3. The van der Waals surface area contributed by atoms with Crippen molar-refractivity contribution in [2.24, 2.45) is 0 Å². The second-order valence-corrected chi connectivity index (χ2v) is 5.55. The lowest BCUT2D eigenvalue weighted by Crippen LogP contribution is -1.98. The molecule has 0 aliphatic rings. The largest absolute Gasteiger partial charge is 0.481 e. The van der Waals surface area contributed by atoms with E-state index in [1.165, 1.54) is 0 Å². The van der Waals surface area contributed by atoms with Crippen LogP contribution in [-0.4, -0.2) is 22.3 Å². The highest BCUT2D eigenvalue weighted by molar-refractivity contribution is 5.66. The minimum absolute atomic E-state index is 0.170. The molecular formula is C22H32O3. The van der Waals surface area contributed by atoms with Gasteiger partial charge in [-0.05, 0) is 38.5 Å². The predicted octanol–water partition coefficient (Wildman–Crippen LogP) is 5.52. The molecule has 0 rings (SSSR count). The molecular weight excluding hydrogens is 312 g/mol. The maximum absolute atomic E-state index is 10.3. The van der Waals surface area contributed by atoms with Crippen LogP contribution in [0.4, 0.5) is 0 Å². The van der Waals surface area contributed by atoms with Gasteiger partial charge in [0.1, 0.15) is 0 Å². The van der Waals surface area contributed by atoms with Crippen LogP contribution in [0.25, 0.3) is 0 Å². The first-order valence-corrected chi connectivity index (χ1v) is 9.00. The molecule has 0 saturated carbocycles. The number of carbonyl (C=O) groups is 1. The van der Waals surface area contributed by atoms with Crippen molar-refractivity contribution in [3.63, 3.8) is 0 Å². The summed E-state index contributed by atoms with van der Waals surface area (Å²) >= 11 is 0. The van der Waals surface area contributed by atoms with Gasteiger partial charge in [0.25, 0.3) is 0 Å². The maximum Gasteiger partial charge on any atom is 0.303 e. The smallest absolute Gasteiger partial charge is 0.303 e. The lowest BCUT2D eigenvalue weighted by atomic mass is 10.2. The molecule has 0 bridgehead atoms. The summed E-state index contributed by atoms with van der Waals surface area (Å²) in [5.74, 6) is -0.774. The summed E-state index contributed by atoms with van der Waals surface area (Å²) in [4.78, 5) is 10.3. The van der Waals surface area contributed by atoms with Crippen LogP contribution in [0.2, 0.25) is 0 Å². The van der Waals surface area contributed by atoms with Gasteiger partial charge >= 0.3 is 5.97 Å². The van der Waals surface area contributed by atoms with Crippen LogP contribution in [0.1, 0.15) is 51.9 Å². The Kier molecular flexibility index (Phi) is 16.7. The predicted molar refractivity (Wildman–Crippen MR) is 106 cm³/mol. The van der Waals surface area contributed by atoms with Crippen molar-refractivity contribution in [1.82, 2.24) is 0 Å². The van der Waals surface area contributed by atoms with E-state index in [2.05, 4.69) is 37.3 Å². The van der Waals surface area contributed by atoms with Crippen molar-refractivity contribution < 1.29 is 15.0 Å². The number of carboxylic acids is 1. The molecule has 0 saturated heterocycles. The third kappa shape index (κ3) is 19.8. The molecule has 1 atom stereocenters. The van der Waals surface area contributed by atoms with E-state index in [0.29, 0.717) is 12.8 Å². The van der Waals surface area contributed by atoms with E-state index in [1.807, 2.05) is 36.5 Å². The van der Waals surface area contributed by atoms with Crippen LogP contribution in [-0.2, 0) is 4.79 Å². The number of aliphatic carboxylic acids is 1. The Hall–Kier alpha value is -2.13.